The molecular weight excluding hydrogens is 433 g/mol. The monoisotopic (exact) mass is 459 g/mol. The summed E-state index contributed by atoms with van der Waals surface area (Å²) in [5.41, 5.74) is 9.87. The first kappa shape index (κ1) is 22.2. The maximum atomic E-state index is 14.3. The molecule has 0 radical (unpaired) electrons. The van der Waals surface area contributed by atoms with Gasteiger partial charge in [0, 0.05) is 65.4 Å². The molecule has 174 valence electrons. The van der Waals surface area contributed by atoms with Gasteiger partial charge in [-0.1, -0.05) is 17.7 Å². The summed E-state index contributed by atoms with van der Waals surface area (Å²) in [4.78, 5) is 23.7. The zero-order valence-electron chi connectivity index (χ0n) is 19.1. The highest BCUT2D eigenvalue weighted by Gasteiger charge is 2.25. The van der Waals surface area contributed by atoms with E-state index < -0.39 is 6.10 Å². The highest BCUT2D eigenvalue weighted by molar-refractivity contribution is 5.99. The van der Waals surface area contributed by atoms with Gasteiger partial charge < -0.3 is 15.7 Å². The van der Waals surface area contributed by atoms with Crippen molar-refractivity contribution in [2.24, 2.45) is 5.73 Å². The zero-order valence-corrected chi connectivity index (χ0v) is 19.1. The van der Waals surface area contributed by atoms with Crippen LogP contribution in [0.2, 0.25) is 0 Å². The van der Waals surface area contributed by atoms with Crippen LogP contribution < -0.4 is 5.73 Å². The number of benzene rings is 2. The van der Waals surface area contributed by atoms with Gasteiger partial charge in [-0.05, 0) is 44.5 Å². The maximum absolute atomic E-state index is 14.3. The second kappa shape index (κ2) is 8.62. The molecule has 1 fully saturated rings. The molecule has 2 unspecified atom stereocenters. The van der Waals surface area contributed by atoms with E-state index in [4.69, 9.17) is 5.73 Å². The van der Waals surface area contributed by atoms with Crippen molar-refractivity contribution in [2.45, 2.75) is 32.4 Å². The molecule has 0 saturated carbocycles. The summed E-state index contributed by atoms with van der Waals surface area (Å²) in [5.74, 6) is -0.0524. The quantitative estimate of drug-likeness (QED) is 0.484. The zero-order chi connectivity index (χ0) is 24.0. The third kappa shape index (κ3) is 3.95. The summed E-state index contributed by atoms with van der Waals surface area (Å²) < 4.78 is 16.1. The van der Waals surface area contributed by atoms with Crippen LogP contribution in [0.25, 0.3) is 28.0 Å². The minimum atomic E-state index is -0.720. The fourth-order valence-corrected chi connectivity index (χ4v) is 4.48. The Balaban J connectivity index is 1.57. The third-order valence-corrected chi connectivity index (χ3v) is 6.33. The van der Waals surface area contributed by atoms with Crippen LogP contribution in [0.5, 0.6) is 0 Å². The number of nitrogens with two attached hydrogens (primary N) is 1. The Morgan fingerprint density at radius 3 is 2.65 bits per heavy atom. The topological polar surface area (TPSA) is 97.3 Å². The highest BCUT2D eigenvalue weighted by atomic mass is 19.1. The molecule has 1 amide bonds. The van der Waals surface area contributed by atoms with Crippen LogP contribution in [-0.4, -0.2) is 49.6 Å². The first-order valence-electron chi connectivity index (χ1n) is 11.3. The van der Waals surface area contributed by atoms with E-state index in [0.717, 1.165) is 17.4 Å². The van der Waals surface area contributed by atoms with Gasteiger partial charge in [-0.15, -0.1) is 0 Å². The fraction of sp³-hybridized carbons (Fsp3) is 0.269. The average Bonchev–Trinajstić information content (AvgIpc) is 3.44. The predicted molar refractivity (Wildman–Crippen MR) is 128 cm³/mol. The lowest BCUT2D eigenvalue weighted by Crippen LogP contribution is -2.31. The molecule has 2 aromatic heterocycles. The SMILES string of the molecule is Cc1ccc(F)c(-c2cnc(-n3cc(C(C)O)c4ccc(C(=O)N5CCC(N)C5)cc43)nc2)c1. The second-order valence-electron chi connectivity index (χ2n) is 8.92. The molecular formula is C26H26FN5O2. The van der Waals surface area contributed by atoms with Crippen LogP contribution in [0.4, 0.5) is 4.39 Å². The van der Waals surface area contributed by atoms with Crippen molar-refractivity contribution in [1.29, 1.82) is 0 Å². The van der Waals surface area contributed by atoms with Gasteiger partial charge >= 0.3 is 0 Å². The van der Waals surface area contributed by atoms with E-state index >= 15 is 0 Å². The van der Waals surface area contributed by atoms with E-state index in [0.29, 0.717) is 46.8 Å². The molecule has 3 heterocycles. The first-order chi connectivity index (χ1) is 16.3. The van der Waals surface area contributed by atoms with Crippen molar-refractivity contribution in [3.05, 3.63) is 77.5 Å². The number of aromatic nitrogens is 3. The number of amides is 1. The first-order valence-corrected chi connectivity index (χ1v) is 11.3. The van der Waals surface area contributed by atoms with Crippen LogP contribution in [0, 0.1) is 12.7 Å². The van der Waals surface area contributed by atoms with Gasteiger partial charge in [-0.25, -0.2) is 14.4 Å². The molecule has 1 aliphatic rings. The van der Waals surface area contributed by atoms with Crippen molar-refractivity contribution in [1.82, 2.24) is 19.4 Å². The normalized spacial score (nSPS) is 16.9. The lowest BCUT2D eigenvalue weighted by atomic mass is 10.1. The van der Waals surface area contributed by atoms with Crippen LogP contribution in [0.3, 0.4) is 0 Å². The van der Waals surface area contributed by atoms with E-state index in [-0.39, 0.29) is 17.8 Å². The largest absolute Gasteiger partial charge is 0.389 e. The van der Waals surface area contributed by atoms with E-state index in [2.05, 4.69) is 9.97 Å². The van der Waals surface area contributed by atoms with Crippen molar-refractivity contribution >= 4 is 16.8 Å². The van der Waals surface area contributed by atoms with E-state index in [1.54, 1.807) is 59.2 Å². The number of aryl methyl sites for hydroxylation is 1. The van der Waals surface area contributed by atoms with Gasteiger partial charge in [-0.3, -0.25) is 9.36 Å². The number of nitrogens with zero attached hydrogens (tertiary/aromatic N) is 4. The second-order valence-corrected chi connectivity index (χ2v) is 8.92. The third-order valence-electron chi connectivity index (χ3n) is 6.33. The van der Waals surface area contributed by atoms with Crippen molar-refractivity contribution < 1.29 is 14.3 Å². The minimum Gasteiger partial charge on any atom is -0.389 e. The molecule has 0 aliphatic carbocycles. The summed E-state index contributed by atoms with van der Waals surface area (Å²) in [6.07, 6.45) is 5.00. The fourth-order valence-electron chi connectivity index (χ4n) is 4.48. The Morgan fingerprint density at radius 2 is 1.97 bits per heavy atom. The number of rotatable bonds is 4. The lowest BCUT2D eigenvalue weighted by Gasteiger charge is -2.16. The van der Waals surface area contributed by atoms with Crippen molar-refractivity contribution in [2.75, 3.05) is 13.1 Å². The molecule has 4 aromatic rings. The Morgan fingerprint density at radius 1 is 1.21 bits per heavy atom. The summed E-state index contributed by atoms with van der Waals surface area (Å²) in [6.45, 7) is 4.76. The smallest absolute Gasteiger partial charge is 0.253 e. The number of likely N-dealkylation sites (tertiary alicyclic amines) is 1. The van der Waals surface area contributed by atoms with Gasteiger partial charge in [0.25, 0.3) is 5.91 Å². The lowest BCUT2D eigenvalue weighted by molar-refractivity contribution is 0.0791. The van der Waals surface area contributed by atoms with Crippen LogP contribution >= 0.6 is 0 Å². The standard InChI is InChI=1S/C26H26FN5O2/c1-15-3-6-23(27)21(9-15)18-11-29-26(30-12-18)32-14-22(16(2)33)20-5-4-17(10-24(20)32)25(34)31-8-7-19(28)13-31/h3-6,9-12,14,16,19,33H,7-8,13,28H2,1-2H3. The van der Waals surface area contributed by atoms with Crippen LogP contribution in [-0.2, 0) is 0 Å². The molecule has 5 rings (SSSR count). The number of carbonyl (C=O) groups is 1. The molecule has 34 heavy (non-hydrogen) atoms. The molecule has 7 nitrogen and oxygen atoms in total. The molecule has 0 spiro atoms. The molecule has 1 aliphatic heterocycles. The van der Waals surface area contributed by atoms with Crippen molar-refractivity contribution in [3.8, 4) is 17.1 Å². The van der Waals surface area contributed by atoms with Crippen LogP contribution in [0.1, 0.15) is 40.9 Å². The molecule has 2 atom stereocenters. The summed E-state index contributed by atoms with van der Waals surface area (Å²) in [5, 5.41) is 11.1. The Kier molecular flexibility index (Phi) is 5.63. The Labute approximate surface area is 196 Å². The summed E-state index contributed by atoms with van der Waals surface area (Å²) in [6, 6.07) is 10.3. The molecule has 0 bridgehead atoms. The van der Waals surface area contributed by atoms with E-state index in [9.17, 15) is 14.3 Å². The van der Waals surface area contributed by atoms with Gasteiger partial charge in [0.15, 0.2) is 0 Å². The predicted octanol–water partition coefficient (Wildman–Crippen LogP) is 3.76. The molecule has 8 heteroatoms. The minimum absolute atomic E-state index is 0.00327. The molecule has 2 aromatic carbocycles. The number of aliphatic hydroxyl groups excluding tert-OH is 1. The summed E-state index contributed by atoms with van der Waals surface area (Å²) in [7, 11) is 0. The Bertz CT molecular complexity index is 1380. The number of carbonyl (C=O) groups excluding carboxylic acids is 1. The Hall–Kier alpha value is -3.62. The van der Waals surface area contributed by atoms with Crippen molar-refractivity contribution in [3.63, 3.8) is 0 Å². The maximum Gasteiger partial charge on any atom is 0.253 e. The summed E-state index contributed by atoms with van der Waals surface area (Å²) >= 11 is 0. The molecule has 1 saturated heterocycles. The average molecular weight is 460 g/mol. The number of hydrogen-bond acceptors (Lipinski definition) is 5. The molecule has 3 N–H and O–H groups in total. The number of halogens is 1. The number of aliphatic hydroxyl groups is 1. The number of fused-ring (bicyclic) bond motifs is 1. The van der Waals surface area contributed by atoms with Gasteiger partial charge in [0.1, 0.15) is 5.82 Å². The van der Waals surface area contributed by atoms with Crippen LogP contribution in [0.15, 0.2) is 55.0 Å². The highest BCUT2D eigenvalue weighted by Crippen LogP contribution is 2.30. The number of hydrogen-bond donors (Lipinski definition) is 2. The van der Waals surface area contributed by atoms with E-state index in [1.807, 2.05) is 13.0 Å². The van der Waals surface area contributed by atoms with Gasteiger partial charge in [0.05, 0.1) is 11.6 Å². The van der Waals surface area contributed by atoms with Gasteiger partial charge in [0.2, 0.25) is 5.95 Å². The van der Waals surface area contributed by atoms with E-state index in [1.165, 1.54) is 6.07 Å². The van der Waals surface area contributed by atoms with Gasteiger partial charge in [-0.2, -0.15) is 0 Å².